The normalized spacial score (nSPS) is 35.5. The second kappa shape index (κ2) is 6.21. The number of carbonyl (C=O) groups excluding carboxylic acids is 1. The number of hydrogen-bond acceptors (Lipinski definition) is 5. The van der Waals surface area contributed by atoms with Gasteiger partial charge in [0.2, 0.25) is 0 Å². The van der Waals surface area contributed by atoms with Crippen LogP contribution in [-0.4, -0.2) is 55.2 Å². The SMILES string of the molecule is COc1ccc2c(c1O)[C@@]13CCN(CC4CC4)C(C2)C1CC(OC)C(=O)C3. The van der Waals surface area contributed by atoms with E-state index in [0.717, 1.165) is 37.3 Å². The number of carbonyl (C=O) groups is 1. The van der Waals surface area contributed by atoms with E-state index < -0.39 is 0 Å². The van der Waals surface area contributed by atoms with Crippen LogP contribution in [0.4, 0.5) is 0 Å². The van der Waals surface area contributed by atoms with Gasteiger partial charge in [0, 0.05) is 37.1 Å². The maximum absolute atomic E-state index is 12.9. The average Bonchev–Trinajstić information content (AvgIpc) is 3.47. The van der Waals surface area contributed by atoms with Gasteiger partial charge in [0.25, 0.3) is 0 Å². The van der Waals surface area contributed by atoms with Crippen molar-refractivity contribution in [2.45, 2.75) is 56.1 Å². The van der Waals surface area contributed by atoms with E-state index in [2.05, 4.69) is 11.0 Å². The molecule has 0 radical (unpaired) electrons. The topological polar surface area (TPSA) is 59.0 Å². The van der Waals surface area contributed by atoms with E-state index in [1.807, 2.05) is 6.07 Å². The van der Waals surface area contributed by atoms with Gasteiger partial charge in [0.15, 0.2) is 17.3 Å². The van der Waals surface area contributed by atoms with Crippen molar-refractivity contribution >= 4 is 5.78 Å². The van der Waals surface area contributed by atoms with Gasteiger partial charge in [-0.3, -0.25) is 9.69 Å². The van der Waals surface area contributed by atoms with E-state index in [9.17, 15) is 9.90 Å². The Balaban J connectivity index is 1.62. The lowest BCUT2D eigenvalue weighted by Crippen LogP contribution is -2.64. The smallest absolute Gasteiger partial charge is 0.162 e. The van der Waals surface area contributed by atoms with Gasteiger partial charge in [0.05, 0.1) is 7.11 Å². The lowest BCUT2D eigenvalue weighted by molar-refractivity contribution is -0.142. The van der Waals surface area contributed by atoms with Crippen molar-refractivity contribution < 1.29 is 19.4 Å². The number of ketones is 1. The summed E-state index contributed by atoms with van der Waals surface area (Å²) in [5.74, 6) is 2.14. The minimum atomic E-state index is -0.305. The number of piperidine rings is 1. The third kappa shape index (κ3) is 2.54. The molecular weight excluding hydrogens is 342 g/mol. The molecule has 1 aliphatic heterocycles. The molecule has 5 nitrogen and oxygen atoms in total. The standard InChI is InChI=1S/C22H29NO4/c1-26-18-6-5-14-9-16-15-10-19(27-2)17(24)11-22(15,20(14)21(18)25)7-8-23(16)12-13-3-4-13/h5-6,13,15-16,19,25H,3-4,7-12H2,1-2H3/t15?,16?,19?,22-/m1/s1. The molecule has 3 fully saturated rings. The Bertz CT molecular complexity index is 774. The first-order valence-electron chi connectivity index (χ1n) is 10.3. The maximum Gasteiger partial charge on any atom is 0.162 e. The van der Waals surface area contributed by atoms with Gasteiger partial charge < -0.3 is 14.6 Å². The Kier molecular flexibility index (Phi) is 4.03. The van der Waals surface area contributed by atoms with E-state index in [-0.39, 0.29) is 23.1 Å². The minimum Gasteiger partial charge on any atom is -0.504 e. The molecule has 2 saturated carbocycles. The zero-order valence-corrected chi connectivity index (χ0v) is 16.2. The van der Waals surface area contributed by atoms with Gasteiger partial charge in [-0.1, -0.05) is 6.07 Å². The quantitative estimate of drug-likeness (QED) is 0.882. The number of fused-ring (bicyclic) bond motifs is 1. The van der Waals surface area contributed by atoms with Gasteiger partial charge in [-0.2, -0.15) is 0 Å². The van der Waals surface area contributed by atoms with E-state index in [1.54, 1.807) is 14.2 Å². The Morgan fingerprint density at radius 2 is 2.11 bits per heavy atom. The van der Waals surface area contributed by atoms with Crippen LogP contribution in [0.1, 0.15) is 43.2 Å². The molecule has 1 saturated heterocycles. The largest absolute Gasteiger partial charge is 0.504 e. The summed E-state index contributed by atoms with van der Waals surface area (Å²) >= 11 is 0. The van der Waals surface area contributed by atoms with Gasteiger partial charge in [0.1, 0.15) is 6.10 Å². The Hall–Kier alpha value is -1.59. The van der Waals surface area contributed by atoms with Gasteiger partial charge in [-0.15, -0.1) is 0 Å². The van der Waals surface area contributed by atoms with Gasteiger partial charge in [-0.05, 0) is 62.1 Å². The fourth-order valence-corrected chi connectivity index (χ4v) is 6.19. The Labute approximate surface area is 160 Å². The number of methoxy groups -OCH3 is 2. The highest BCUT2D eigenvalue weighted by Gasteiger charge is 2.59. The molecule has 5 rings (SSSR count). The van der Waals surface area contributed by atoms with Crippen LogP contribution < -0.4 is 4.74 Å². The van der Waals surface area contributed by atoms with Crippen molar-refractivity contribution in [1.82, 2.24) is 4.90 Å². The van der Waals surface area contributed by atoms with Crippen molar-refractivity contribution in [2.24, 2.45) is 11.8 Å². The first-order chi connectivity index (χ1) is 13.1. The molecule has 146 valence electrons. The van der Waals surface area contributed by atoms with Gasteiger partial charge in [-0.25, -0.2) is 0 Å². The number of nitrogens with zero attached hydrogens (tertiary/aromatic N) is 1. The highest BCUT2D eigenvalue weighted by Crippen LogP contribution is 2.59. The first-order valence-corrected chi connectivity index (χ1v) is 10.3. The van der Waals surface area contributed by atoms with Crippen molar-refractivity contribution in [2.75, 3.05) is 27.3 Å². The number of rotatable bonds is 4. The Morgan fingerprint density at radius 1 is 1.30 bits per heavy atom. The van der Waals surface area contributed by atoms with Crippen LogP contribution in [0.15, 0.2) is 12.1 Å². The predicted octanol–water partition coefficient (Wildman–Crippen LogP) is 2.67. The van der Waals surface area contributed by atoms with E-state index in [4.69, 9.17) is 9.47 Å². The average molecular weight is 371 g/mol. The first kappa shape index (κ1) is 17.5. The number of phenolic OH excluding ortho intramolecular Hbond substituents is 1. The fourth-order valence-electron chi connectivity index (χ4n) is 6.19. The summed E-state index contributed by atoms with van der Waals surface area (Å²) in [6.45, 7) is 2.19. The highest BCUT2D eigenvalue weighted by molar-refractivity contribution is 5.86. The number of Topliss-reactive ketones (excluding diaryl/α,β-unsaturated/α-hetero) is 1. The molecule has 3 unspecified atom stereocenters. The van der Waals surface area contributed by atoms with Crippen LogP contribution in [0.25, 0.3) is 0 Å². The summed E-state index contributed by atoms with van der Waals surface area (Å²) in [6.07, 6.45) is 5.50. The molecule has 0 spiro atoms. The van der Waals surface area contributed by atoms with Crippen molar-refractivity contribution in [3.63, 3.8) is 0 Å². The molecule has 4 atom stereocenters. The molecule has 1 aromatic rings. The molecule has 0 aromatic heterocycles. The molecule has 4 aliphatic rings. The van der Waals surface area contributed by atoms with Crippen molar-refractivity contribution in [1.29, 1.82) is 0 Å². The van der Waals surface area contributed by atoms with E-state index in [1.165, 1.54) is 24.9 Å². The molecular formula is C22H29NO4. The minimum absolute atomic E-state index is 0.179. The number of hydrogen-bond donors (Lipinski definition) is 1. The monoisotopic (exact) mass is 371 g/mol. The summed E-state index contributed by atoms with van der Waals surface area (Å²) in [4.78, 5) is 15.5. The summed E-state index contributed by atoms with van der Waals surface area (Å²) < 4.78 is 11.0. The lowest BCUT2D eigenvalue weighted by atomic mass is 9.51. The summed E-state index contributed by atoms with van der Waals surface area (Å²) in [6, 6.07) is 4.41. The number of likely N-dealkylation sites (tertiary alicyclic amines) is 1. The van der Waals surface area contributed by atoms with Crippen LogP contribution in [0.5, 0.6) is 11.5 Å². The molecule has 1 heterocycles. The molecule has 5 heteroatoms. The Morgan fingerprint density at radius 3 is 2.81 bits per heavy atom. The molecule has 2 bridgehead atoms. The third-order valence-corrected chi connectivity index (χ3v) is 7.65. The molecule has 1 aromatic carbocycles. The van der Waals surface area contributed by atoms with Crippen LogP contribution in [0, 0.1) is 11.8 Å². The number of phenols is 1. The number of benzene rings is 1. The molecule has 1 N–H and O–H groups in total. The zero-order chi connectivity index (χ0) is 18.8. The van der Waals surface area contributed by atoms with Crippen LogP contribution in [0.2, 0.25) is 0 Å². The fraction of sp³-hybridized carbons (Fsp3) is 0.682. The third-order valence-electron chi connectivity index (χ3n) is 7.65. The molecule has 3 aliphatic carbocycles. The number of aromatic hydroxyl groups is 1. The number of ether oxygens (including phenoxy) is 2. The zero-order valence-electron chi connectivity index (χ0n) is 16.2. The maximum atomic E-state index is 12.9. The van der Waals surface area contributed by atoms with Crippen LogP contribution >= 0.6 is 0 Å². The molecule has 27 heavy (non-hydrogen) atoms. The summed E-state index contributed by atoms with van der Waals surface area (Å²) in [5.41, 5.74) is 1.90. The second-order valence-electron chi connectivity index (χ2n) is 8.98. The predicted molar refractivity (Wildman–Crippen MR) is 101 cm³/mol. The second-order valence-corrected chi connectivity index (χ2v) is 8.98. The van der Waals surface area contributed by atoms with E-state index >= 15 is 0 Å². The van der Waals surface area contributed by atoms with Gasteiger partial charge >= 0.3 is 0 Å². The summed E-state index contributed by atoms with van der Waals surface area (Å²) in [7, 11) is 3.24. The van der Waals surface area contributed by atoms with Crippen molar-refractivity contribution in [3.8, 4) is 11.5 Å². The molecule has 0 amide bonds. The van der Waals surface area contributed by atoms with Crippen molar-refractivity contribution in [3.05, 3.63) is 23.3 Å². The van der Waals surface area contributed by atoms with E-state index in [0.29, 0.717) is 24.1 Å². The highest BCUT2D eigenvalue weighted by atomic mass is 16.5. The lowest BCUT2D eigenvalue weighted by Gasteiger charge is -2.59. The van der Waals surface area contributed by atoms with Crippen LogP contribution in [0.3, 0.4) is 0 Å². The summed E-state index contributed by atoms with van der Waals surface area (Å²) in [5, 5.41) is 11.0. The van der Waals surface area contributed by atoms with Crippen LogP contribution in [-0.2, 0) is 21.4 Å².